The minimum absolute atomic E-state index is 0.102. The molecule has 0 saturated heterocycles. The number of benzene rings is 1. The first-order chi connectivity index (χ1) is 9.70. The first-order valence-electron chi connectivity index (χ1n) is 7.44. The lowest BCUT2D eigenvalue weighted by Gasteiger charge is -2.23. The summed E-state index contributed by atoms with van der Waals surface area (Å²) >= 11 is 0. The molecule has 3 N–H and O–H groups in total. The number of aliphatic hydroxyl groups excluding tert-OH is 2. The topological polar surface area (TPSA) is 61.7 Å². The molecule has 1 saturated carbocycles. The molecule has 3 unspecified atom stereocenters. The van der Waals surface area contributed by atoms with Crippen LogP contribution in [0.2, 0.25) is 0 Å². The van der Waals surface area contributed by atoms with Gasteiger partial charge in [0.25, 0.3) is 0 Å². The molecule has 1 fully saturated rings. The smallest absolute Gasteiger partial charge is 0.118 e. The lowest BCUT2D eigenvalue weighted by Crippen LogP contribution is -2.41. The van der Waals surface area contributed by atoms with Crippen molar-refractivity contribution >= 4 is 0 Å². The van der Waals surface area contributed by atoms with Crippen molar-refractivity contribution in [2.24, 2.45) is 0 Å². The van der Waals surface area contributed by atoms with Crippen LogP contribution in [0.3, 0.4) is 0 Å². The highest BCUT2D eigenvalue weighted by Crippen LogP contribution is 2.20. The van der Waals surface area contributed by atoms with Gasteiger partial charge in [-0.15, -0.1) is 0 Å². The maximum absolute atomic E-state index is 10.2. The van der Waals surface area contributed by atoms with Gasteiger partial charge >= 0.3 is 0 Å². The Bertz CT molecular complexity index is 393. The molecule has 0 spiro atoms. The van der Waals surface area contributed by atoms with Gasteiger partial charge in [0.2, 0.25) is 0 Å². The van der Waals surface area contributed by atoms with Crippen LogP contribution in [0.1, 0.15) is 43.8 Å². The highest BCUT2D eigenvalue weighted by atomic mass is 16.5. The molecule has 2 rings (SSSR count). The fourth-order valence-corrected chi connectivity index (χ4v) is 2.73. The molecule has 4 nitrogen and oxygen atoms in total. The molecule has 1 aromatic rings. The fourth-order valence-electron chi connectivity index (χ4n) is 2.73. The summed E-state index contributed by atoms with van der Waals surface area (Å²) in [5.41, 5.74) is 0.862. The van der Waals surface area contributed by atoms with Crippen LogP contribution in [0.4, 0.5) is 0 Å². The van der Waals surface area contributed by atoms with Gasteiger partial charge in [-0.25, -0.2) is 0 Å². The zero-order chi connectivity index (χ0) is 14.4. The van der Waals surface area contributed by atoms with Crippen LogP contribution < -0.4 is 10.1 Å². The van der Waals surface area contributed by atoms with E-state index in [1.54, 1.807) is 7.11 Å². The zero-order valence-electron chi connectivity index (χ0n) is 12.1. The number of hydrogen-bond donors (Lipinski definition) is 3. The first kappa shape index (κ1) is 15.3. The molecular formula is C16H25NO3. The molecule has 20 heavy (non-hydrogen) atoms. The third-order valence-electron chi connectivity index (χ3n) is 4.05. The Morgan fingerprint density at radius 2 is 1.90 bits per heavy atom. The van der Waals surface area contributed by atoms with Crippen molar-refractivity contribution in [1.29, 1.82) is 0 Å². The summed E-state index contributed by atoms with van der Waals surface area (Å²) in [7, 11) is 1.63. The molecule has 112 valence electrons. The monoisotopic (exact) mass is 279 g/mol. The van der Waals surface area contributed by atoms with E-state index in [0.29, 0.717) is 6.54 Å². The molecule has 0 radical (unpaired) electrons. The summed E-state index contributed by atoms with van der Waals surface area (Å²) in [6.45, 7) is 0.466. The standard InChI is InChI=1S/C16H25NO3/c1-20-13-9-7-12(8-10-13)16(19)11-17-14-5-3-2-4-6-15(14)18/h7-10,14-19H,2-6,11H2,1H3. The molecule has 4 heteroatoms. The third kappa shape index (κ3) is 4.20. The predicted molar refractivity (Wildman–Crippen MR) is 78.8 cm³/mol. The molecule has 0 bridgehead atoms. The summed E-state index contributed by atoms with van der Waals surface area (Å²) in [4.78, 5) is 0. The Balaban J connectivity index is 1.85. The van der Waals surface area contributed by atoms with Crippen molar-refractivity contribution in [1.82, 2.24) is 5.32 Å². The minimum Gasteiger partial charge on any atom is -0.497 e. The van der Waals surface area contributed by atoms with Gasteiger partial charge in [0, 0.05) is 12.6 Å². The van der Waals surface area contributed by atoms with Gasteiger partial charge in [-0.1, -0.05) is 31.4 Å². The lowest BCUT2D eigenvalue weighted by molar-refractivity contribution is 0.104. The van der Waals surface area contributed by atoms with E-state index in [2.05, 4.69) is 5.32 Å². The Labute approximate surface area is 120 Å². The van der Waals surface area contributed by atoms with Crippen molar-refractivity contribution in [2.45, 2.75) is 50.4 Å². The van der Waals surface area contributed by atoms with Gasteiger partial charge in [0.05, 0.1) is 19.3 Å². The van der Waals surface area contributed by atoms with E-state index in [1.165, 1.54) is 6.42 Å². The predicted octanol–water partition coefficient (Wildman–Crippen LogP) is 2.01. The number of methoxy groups -OCH3 is 1. The highest BCUT2D eigenvalue weighted by Gasteiger charge is 2.21. The van der Waals surface area contributed by atoms with Crippen LogP contribution >= 0.6 is 0 Å². The molecule has 0 aromatic heterocycles. The highest BCUT2D eigenvalue weighted by molar-refractivity contribution is 5.28. The van der Waals surface area contributed by atoms with E-state index in [0.717, 1.165) is 37.0 Å². The molecule has 1 aliphatic rings. The van der Waals surface area contributed by atoms with Crippen molar-refractivity contribution in [2.75, 3.05) is 13.7 Å². The molecule has 1 aliphatic carbocycles. The van der Waals surface area contributed by atoms with E-state index < -0.39 is 6.10 Å². The van der Waals surface area contributed by atoms with Crippen molar-refractivity contribution in [3.8, 4) is 5.75 Å². The van der Waals surface area contributed by atoms with Gasteiger partial charge in [-0.3, -0.25) is 0 Å². The summed E-state index contributed by atoms with van der Waals surface area (Å²) < 4.78 is 5.10. The van der Waals surface area contributed by atoms with E-state index in [4.69, 9.17) is 4.74 Å². The normalized spacial score (nSPS) is 24.9. The van der Waals surface area contributed by atoms with Crippen LogP contribution in [0.15, 0.2) is 24.3 Å². The van der Waals surface area contributed by atoms with Crippen LogP contribution in [-0.2, 0) is 0 Å². The summed E-state index contributed by atoms with van der Waals surface area (Å²) in [6.07, 6.45) is 4.42. The summed E-state index contributed by atoms with van der Waals surface area (Å²) in [5, 5.41) is 23.5. The van der Waals surface area contributed by atoms with E-state index in [-0.39, 0.29) is 12.1 Å². The SMILES string of the molecule is COc1ccc(C(O)CNC2CCCCCC2O)cc1. The largest absolute Gasteiger partial charge is 0.497 e. The molecule has 3 atom stereocenters. The second-order valence-corrected chi connectivity index (χ2v) is 5.51. The van der Waals surface area contributed by atoms with Crippen molar-refractivity contribution < 1.29 is 14.9 Å². The van der Waals surface area contributed by atoms with Gasteiger partial charge in [0.15, 0.2) is 0 Å². The van der Waals surface area contributed by atoms with Gasteiger partial charge in [-0.05, 0) is 30.5 Å². The number of nitrogens with one attached hydrogen (secondary N) is 1. The Morgan fingerprint density at radius 3 is 2.60 bits per heavy atom. The third-order valence-corrected chi connectivity index (χ3v) is 4.05. The maximum atomic E-state index is 10.2. The quantitative estimate of drug-likeness (QED) is 0.722. The van der Waals surface area contributed by atoms with E-state index in [1.807, 2.05) is 24.3 Å². The molecule has 0 amide bonds. The lowest BCUT2D eigenvalue weighted by atomic mass is 10.0. The number of ether oxygens (including phenoxy) is 1. The Hall–Kier alpha value is -1.10. The van der Waals surface area contributed by atoms with E-state index >= 15 is 0 Å². The second kappa shape index (κ2) is 7.62. The van der Waals surface area contributed by atoms with Gasteiger partial charge in [0.1, 0.15) is 5.75 Å². The molecule has 1 aromatic carbocycles. The minimum atomic E-state index is -0.559. The van der Waals surface area contributed by atoms with Crippen LogP contribution in [0.25, 0.3) is 0 Å². The average Bonchev–Trinajstić information content (AvgIpc) is 2.69. The maximum Gasteiger partial charge on any atom is 0.118 e. The molecule has 0 aliphatic heterocycles. The van der Waals surface area contributed by atoms with Crippen molar-refractivity contribution in [3.63, 3.8) is 0 Å². The van der Waals surface area contributed by atoms with Crippen LogP contribution in [0, 0.1) is 0 Å². The van der Waals surface area contributed by atoms with Crippen LogP contribution in [0.5, 0.6) is 5.75 Å². The summed E-state index contributed by atoms with van der Waals surface area (Å²) in [6, 6.07) is 7.53. The summed E-state index contributed by atoms with van der Waals surface area (Å²) in [5.74, 6) is 0.785. The number of hydrogen-bond acceptors (Lipinski definition) is 4. The van der Waals surface area contributed by atoms with E-state index in [9.17, 15) is 10.2 Å². The molecule has 0 heterocycles. The first-order valence-corrected chi connectivity index (χ1v) is 7.44. The second-order valence-electron chi connectivity index (χ2n) is 5.51. The van der Waals surface area contributed by atoms with Crippen LogP contribution in [-0.4, -0.2) is 36.0 Å². The average molecular weight is 279 g/mol. The van der Waals surface area contributed by atoms with Crippen molar-refractivity contribution in [3.05, 3.63) is 29.8 Å². The number of aliphatic hydroxyl groups is 2. The van der Waals surface area contributed by atoms with Gasteiger partial charge in [-0.2, -0.15) is 0 Å². The van der Waals surface area contributed by atoms with Gasteiger partial charge < -0.3 is 20.3 Å². The zero-order valence-corrected chi connectivity index (χ0v) is 12.1. The Kier molecular flexibility index (Phi) is 5.83. The molecular weight excluding hydrogens is 254 g/mol. The number of rotatable bonds is 5. The Morgan fingerprint density at radius 1 is 1.20 bits per heavy atom. The fraction of sp³-hybridized carbons (Fsp3) is 0.625.